The molecule has 0 spiro atoms. The highest BCUT2D eigenvalue weighted by atomic mass is 16.5. The highest BCUT2D eigenvalue weighted by Crippen LogP contribution is 2.24. The van der Waals surface area contributed by atoms with Crippen molar-refractivity contribution in [3.8, 4) is 0 Å². The van der Waals surface area contributed by atoms with E-state index in [0.29, 0.717) is 5.82 Å². The highest BCUT2D eigenvalue weighted by Gasteiger charge is 2.27. The Morgan fingerprint density at radius 1 is 1.47 bits per heavy atom. The van der Waals surface area contributed by atoms with Gasteiger partial charge in [0, 0.05) is 7.11 Å². The first-order valence-electron chi connectivity index (χ1n) is 5.63. The number of nitrogens with one attached hydrogen (secondary N) is 1. The summed E-state index contributed by atoms with van der Waals surface area (Å²) in [6, 6.07) is 3.53. The molecule has 2 atom stereocenters. The fraction of sp³-hybridized carbons (Fsp3) is 0.545. The van der Waals surface area contributed by atoms with Crippen molar-refractivity contribution in [3.63, 3.8) is 0 Å². The molecular weight excluding hydrogens is 220 g/mol. The van der Waals surface area contributed by atoms with Gasteiger partial charge in [-0.15, -0.1) is 10.2 Å². The molecule has 3 N–H and O–H groups in total. The molecule has 1 fully saturated rings. The van der Waals surface area contributed by atoms with Gasteiger partial charge >= 0.3 is 0 Å². The first-order valence-corrected chi connectivity index (χ1v) is 5.63. The molecule has 1 heterocycles. The van der Waals surface area contributed by atoms with E-state index in [0.717, 1.165) is 19.3 Å². The molecule has 1 saturated carbocycles. The van der Waals surface area contributed by atoms with Crippen LogP contribution >= 0.6 is 0 Å². The number of amides is 1. The van der Waals surface area contributed by atoms with E-state index in [-0.39, 0.29) is 17.8 Å². The molecule has 0 saturated heterocycles. The lowest BCUT2D eigenvalue weighted by molar-refractivity contribution is 0.0992. The third-order valence-electron chi connectivity index (χ3n) is 3.01. The van der Waals surface area contributed by atoms with Crippen molar-refractivity contribution in [1.29, 1.82) is 0 Å². The maximum atomic E-state index is 10.8. The van der Waals surface area contributed by atoms with Crippen LogP contribution in [0.5, 0.6) is 0 Å². The van der Waals surface area contributed by atoms with Gasteiger partial charge in [0.15, 0.2) is 5.69 Å². The second-order valence-electron chi connectivity index (χ2n) is 4.12. The highest BCUT2D eigenvalue weighted by molar-refractivity contribution is 5.90. The third kappa shape index (κ3) is 2.71. The van der Waals surface area contributed by atoms with E-state index >= 15 is 0 Å². The molecule has 1 aromatic rings. The van der Waals surface area contributed by atoms with Crippen molar-refractivity contribution in [1.82, 2.24) is 10.2 Å². The van der Waals surface area contributed by atoms with Crippen LogP contribution in [-0.4, -0.2) is 35.4 Å². The molecule has 0 bridgehead atoms. The monoisotopic (exact) mass is 236 g/mol. The number of carbonyl (C=O) groups excluding carboxylic acids is 1. The lowest BCUT2D eigenvalue weighted by atomic mass is 10.2. The summed E-state index contributed by atoms with van der Waals surface area (Å²) in [5.74, 6) is 0.0728. The fourth-order valence-corrected chi connectivity index (χ4v) is 2.10. The summed E-state index contributed by atoms with van der Waals surface area (Å²) in [5.41, 5.74) is 5.26. The van der Waals surface area contributed by atoms with E-state index in [1.54, 1.807) is 19.2 Å². The number of nitrogens with zero attached hydrogens (tertiary/aromatic N) is 2. The number of primary amides is 1. The number of aromatic nitrogens is 2. The van der Waals surface area contributed by atoms with Crippen LogP contribution in [0, 0.1) is 0 Å². The van der Waals surface area contributed by atoms with Gasteiger partial charge in [-0.05, 0) is 31.4 Å². The number of rotatable bonds is 4. The van der Waals surface area contributed by atoms with Gasteiger partial charge < -0.3 is 15.8 Å². The largest absolute Gasteiger partial charge is 0.379 e. The van der Waals surface area contributed by atoms with Crippen LogP contribution in [-0.2, 0) is 4.74 Å². The average molecular weight is 236 g/mol. The van der Waals surface area contributed by atoms with Gasteiger partial charge in [-0.3, -0.25) is 4.79 Å². The minimum absolute atomic E-state index is 0.172. The maximum absolute atomic E-state index is 10.8. The molecule has 1 aliphatic carbocycles. The zero-order valence-electron chi connectivity index (χ0n) is 9.72. The summed E-state index contributed by atoms with van der Waals surface area (Å²) in [6.07, 6.45) is 3.47. The van der Waals surface area contributed by atoms with Gasteiger partial charge in [0.05, 0.1) is 12.1 Å². The van der Waals surface area contributed by atoms with Gasteiger partial charge in [-0.2, -0.15) is 0 Å². The second-order valence-corrected chi connectivity index (χ2v) is 4.12. The predicted octanol–water partition coefficient (Wildman–Crippen LogP) is 0.555. The normalized spacial score (nSPS) is 23.6. The van der Waals surface area contributed by atoms with Crippen LogP contribution in [0.3, 0.4) is 0 Å². The van der Waals surface area contributed by atoms with E-state index < -0.39 is 5.91 Å². The van der Waals surface area contributed by atoms with Crippen molar-refractivity contribution in [2.24, 2.45) is 5.73 Å². The van der Waals surface area contributed by atoms with Crippen LogP contribution in [0.15, 0.2) is 12.1 Å². The predicted molar refractivity (Wildman–Crippen MR) is 62.6 cm³/mol. The molecule has 1 aliphatic rings. The van der Waals surface area contributed by atoms with Crippen molar-refractivity contribution in [2.45, 2.75) is 31.4 Å². The number of nitrogens with two attached hydrogens (primary N) is 1. The van der Waals surface area contributed by atoms with Crippen LogP contribution in [0.1, 0.15) is 29.8 Å². The Kier molecular flexibility index (Phi) is 3.53. The number of hydrogen-bond acceptors (Lipinski definition) is 5. The van der Waals surface area contributed by atoms with E-state index in [1.165, 1.54) is 0 Å². The third-order valence-corrected chi connectivity index (χ3v) is 3.01. The van der Waals surface area contributed by atoms with Crippen LogP contribution in [0.25, 0.3) is 0 Å². The quantitative estimate of drug-likeness (QED) is 0.797. The number of methoxy groups -OCH3 is 1. The Morgan fingerprint density at radius 3 is 2.88 bits per heavy atom. The van der Waals surface area contributed by atoms with Gasteiger partial charge in [-0.1, -0.05) is 0 Å². The smallest absolute Gasteiger partial charge is 0.269 e. The lowest BCUT2D eigenvalue weighted by Crippen LogP contribution is -2.30. The molecule has 0 aromatic carbocycles. The second kappa shape index (κ2) is 5.09. The van der Waals surface area contributed by atoms with Crippen molar-refractivity contribution >= 4 is 11.7 Å². The summed E-state index contributed by atoms with van der Waals surface area (Å²) in [5, 5.41) is 10.9. The summed E-state index contributed by atoms with van der Waals surface area (Å²) in [4.78, 5) is 10.8. The molecule has 1 amide bonds. The molecule has 2 unspecified atom stereocenters. The molecule has 0 radical (unpaired) electrons. The molecule has 1 aromatic heterocycles. The molecule has 17 heavy (non-hydrogen) atoms. The number of carbonyl (C=O) groups is 1. The summed E-state index contributed by atoms with van der Waals surface area (Å²) in [7, 11) is 1.71. The van der Waals surface area contributed by atoms with Gasteiger partial charge in [0.25, 0.3) is 5.91 Å². The molecule has 92 valence electrons. The zero-order valence-corrected chi connectivity index (χ0v) is 9.72. The summed E-state index contributed by atoms with van der Waals surface area (Å²) < 4.78 is 5.37. The van der Waals surface area contributed by atoms with Crippen molar-refractivity contribution in [3.05, 3.63) is 17.8 Å². The Morgan fingerprint density at radius 2 is 2.29 bits per heavy atom. The number of ether oxygens (including phenoxy) is 1. The van der Waals surface area contributed by atoms with Gasteiger partial charge in [0.1, 0.15) is 5.82 Å². The van der Waals surface area contributed by atoms with Crippen LogP contribution in [0.2, 0.25) is 0 Å². The van der Waals surface area contributed by atoms with Crippen molar-refractivity contribution in [2.75, 3.05) is 12.4 Å². The summed E-state index contributed by atoms with van der Waals surface area (Å²) >= 11 is 0. The first kappa shape index (κ1) is 11.8. The molecule has 2 rings (SSSR count). The molecule has 0 aliphatic heterocycles. The van der Waals surface area contributed by atoms with Crippen LogP contribution < -0.4 is 11.1 Å². The lowest BCUT2D eigenvalue weighted by Gasteiger charge is -2.19. The Bertz CT molecular complexity index is 393. The SMILES string of the molecule is COC1CCCC1Nc1ccc(C(N)=O)nn1. The van der Waals surface area contributed by atoms with Crippen LogP contribution in [0.4, 0.5) is 5.82 Å². The Labute approximate surface area is 99.6 Å². The standard InChI is InChI=1S/C11H16N4O2/c1-17-9-4-2-3-7(9)13-10-6-5-8(11(12)16)14-15-10/h5-7,9H,2-4H2,1H3,(H2,12,16)(H,13,15). The minimum Gasteiger partial charge on any atom is -0.379 e. The zero-order chi connectivity index (χ0) is 12.3. The number of anilines is 1. The van der Waals surface area contributed by atoms with Gasteiger partial charge in [0.2, 0.25) is 0 Å². The van der Waals surface area contributed by atoms with Crippen molar-refractivity contribution < 1.29 is 9.53 Å². The molecule has 6 nitrogen and oxygen atoms in total. The van der Waals surface area contributed by atoms with E-state index in [2.05, 4.69) is 15.5 Å². The topological polar surface area (TPSA) is 90.1 Å². The maximum Gasteiger partial charge on any atom is 0.269 e. The average Bonchev–Trinajstić information content (AvgIpc) is 2.77. The molecule has 6 heteroatoms. The fourth-order valence-electron chi connectivity index (χ4n) is 2.10. The number of hydrogen-bond donors (Lipinski definition) is 2. The Balaban J connectivity index is 2.01. The minimum atomic E-state index is -0.570. The summed E-state index contributed by atoms with van der Waals surface area (Å²) in [6.45, 7) is 0. The van der Waals surface area contributed by atoms with Gasteiger partial charge in [-0.25, -0.2) is 0 Å². The molecular formula is C11H16N4O2. The van der Waals surface area contributed by atoms with E-state index in [9.17, 15) is 4.79 Å². The van der Waals surface area contributed by atoms with E-state index in [4.69, 9.17) is 10.5 Å². The Hall–Kier alpha value is -1.69. The first-order chi connectivity index (χ1) is 8.20. The van der Waals surface area contributed by atoms with E-state index in [1.807, 2.05) is 0 Å².